The molecule has 1 heterocycles. The third kappa shape index (κ3) is 7.64. The summed E-state index contributed by atoms with van der Waals surface area (Å²) in [6.45, 7) is 7.46. The topological polar surface area (TPSA) is 85.8 Å². The Morgan fingerprint density at radius 1 is 1.00 bits per heavy atom. The van der Waals surface area contributed by atoms with Gasteiger partial charge < -0.3 is 20.9 Å². The first kappa shape index (κ1) is 26.4. The van der Waals surface area contributed by atoms with E-state index in [1.807, 2.05) is 43.0 Å². The summed E-state index contributed by atoms with van der Waals surface area (Å²) in [4.78, 5) is 31.4. The molecule has 1 saturated heterocycles. The van der Waals surface area contributed by atoms with Crippen LogP contribution in [0, 0.1) is 5.92 Å². The highest BCUT2D eigenvalue weighted by Gasteiger charge is 2.31. The van der Waals surface area contributed by atoms with E-state index in [2.05, 4.69) is 16.0 Å². The number of rotatable bonds is 7. The zero-order chi connectivity index (χ0) is 22.1. The van der Waals surface area contributed by atoms with Crippen molar-refractivity contribution in [2.24, 2.45) is 10.9 Å². The number of hydrogen-bond donors (Lipinski definition) is 3. The van der Waals surface area contributed by atoms with Gasteiger partial charge in [-0.1, -0.05) is 31.4 Å². The van der Waals surface area contributed by atoms with Crippen molar-refractivity contribution in [1.82, 2.24) is 20.9 Å². The van der Waals surface area contributed by atoms with Crippen LogP contribution >= 0.6 is 24.0 Å². The molecule has 1 atom stereocenters. The van der Waals surface area contributed by atoms with Crippen LogP contribution in [0.15, 0.2) is 29.3 Å². The van der Waals surface area contributed by atoms with Crippen molar-refractivity contribution in [2.45, 2.75) is 65.0 Å². The number of carbonyl (C=O) groups excluding carboxylic acids is 2. The minimum atomic E-state index is -0.0545. The van der Waals surface area contributed by atoms with Crippen LogP contribution in [0.1, 0.15) is 68.3 Å². The van der Waals surface area contributed by atoms with Gasteiger partial charge in [-0.25, -0.2) is 4.99 Å². The molecule has 1 saturated carbocycles. The van der Waals surface area contributed by atoms with Crippen LogP contribution < -0.4 is 16.0 Å². The summed E-state index contributed by atoms with van der Waals surface area (Å²) >= 11 is 0. The third-order valence-corrected chi connectivity index (χ3v) is 6.11. The van der Waals surface area contributed by atoms with Gasteiger partial charge in [0.2, 0.25) is 5.91 Å². The second kappa shape index (κ2) is 13.6. The Labute approximate surface area is 209 Å². The molecule has 178 valence electrons. The number of nitrogens with zero attached hydrogens (tertiary/aromatic N) is 2. The molecule has 2 aliphatic rings. The number of carbonyl (C=O) groups is 2. The number of aliphatic imine (C=N–C) groups is 1. The standard InChI is InChI=1S/C24H37N5O2.HI/c1-3-25-22(30)19-12-10-18(11-13-19)16-27-24(26-4-2)28-21-14-15-29(17-21)23(31)20-8-6-5-7-9-20;/h10-13,20-21H,3-9,14-17H2,1-2H3,(H,25,30)(H2,26,27,28);1H. The van der Waals surface area contributed by atoms with Gasteiger partial charge in [0, 0.05) is 43.7 Å². The Hall–Kier alpha value is -1.84. The van der Waals surface area contributed by atoms with E-state index in [9.17, 15) is 9.59 Å². The number of amides is 2. The zero-order valence-corrected chi connectivity index (χ0v) is 21.7. The average molecular weight is 556 g/mol. The van der Waals surface area contributed by atoms with E-state index in [0.717, 1.165) is 50.4 Å². The van der Waals surface area contributed by atoms with Gasteiger partial charge in [-0.3, -0.25) is 9.59 Å². The molecule has 0 bridgehead atoms. The summed E-state index contributed by atoms with van der Waals surface area (Å²) in [7, 11) is 0. The largest absolute Gasteiger partial charge is 0.357 e. The molecule has 8 heteroatoms. The lowest BCUT2D eigenvalue weighted by Crippen LogP contribution is -2.45. The molecule has 0 spiro atoms. The van der Waals surface area contributed by atoms with Crippen molar-refractivity contribution in [2.75, 3.05) is 26.2 Å². The molecule has 3 rings (SSSR count). The molecule has 0 aromatic heterocycles. The summed E-state index contributed by atoms with van der Waals surface area (Å²) in [6.07, 6.45) is 6.70. The summed E-state index contributed by atoms with van der Waals surface area (Å²) in [6, 6.07) is 7.78. The van der Waals surface area contributed by atoms with Crippen LogP contribution in [-0.2, 0) is 11.3 Å². The van der Waals surface area contributed by atoms with E-state index in [0.29, 0.717) is 24.6 Å². The first-order valence-electron chi connectivity index (χ1n) is 11.8. The van der Waals surface area contributed by atoms with E-state index in [-0.39, 0.29) is 41.8 Å². The summed E-state index contributed by atoms with van der Waals surface area (Å²) in [5.74, 6) is 1.29. The molecule has 32 heavy (non-hydrogen) atoms. The molecule has 0 radical (unpaired) electrons. The fraction of sp³-hybridized carbons (Fsp3) is 0.625. The van der Waals surface area contributed by atoms with E-state index in [1.165, 1.54) is 19.3 Å². The maximum absolute atomic E-state index is 12.8. The number of benzene rings is 1. The number of likely N-dealkylation sites (tertiary alicyclic amines) is 1. The van der Waals surface area contributed by atoms with Gasteiger partial charge in [-0.15, -0.1) is 24.0 Å². The van der Waals surface area contributed by atoms with Gasteiger partial charge in [0.05, 0.1) is 6.54 Å². The van der Waals surface area contributed by atoms with Gasteiger partial charge >= 0.3 is 0 Å². The Morgan fingerprint density at radius 2 is 1.69 bits per heavy atom. The van der Waals surface area contributed by atoms with E-state index < -0.39 is 0 Å². The van der Waals surface area contributed by atoms with Crippen LogP contribution in [0.5, 0.6) is 0 Å². The highest BCUT2D eigenvalue weighted by Crippen LogP contribution is 2.26. The predicted octanol–water partition coefficient (Wildman–Crippen LogP) is 3.29. The van der Waals surface area contributed by atoms with Gasteiger partial charge in [0.1, 0.15) is 0 Å². The quantitative estimate of drug-likeness (QED) is 0.274. The third-order valence-electron chi connectivity index (χ3n) is 6.11. The van der Waals surface area contributed by atoms with Gasteiger partial charge in [-0.05, 0) is 50.8 Å². The first-order valence-corrected chi connectivity index (χ1v) is 11.8. The Bertz CT molecular complexity index is 762. The SMILES string of the molecule is CCNC(=O)c1ccc(CN=C(NCC)NC2CCN(C(=O)C3CCCCC3)C2)cc1.I. The van der Waals surface area contributed by atoms with Crippen LogP contribution in [0.4, 0.5) is 0 Å². The Balaban J connectivity index is 0.00000363. The van der Waals surface area contributed by atoms with Crippen molar-refractivity contribution in [3.63, 3.8) is 0 Å². The molecule has 1 unspecified atom stereocenters. The molecule has 1 aliphatic heterocycles. The number of nitrogens with one attached hydrogen (secondary N) is 3. The average Bonchev–Trinajstić information content (AvgIpc) is 3.26. The lowest BCUT2D eigenvalue weighted by atomic mass is 9.88. The molecule has 1 aromatic rings. The van der Waals surface area contributed by atoms with E-state index in [1.54, 1.807) is 0 Å². The van der Waals surface area contributed by atoms with E-state index in [4.69, 9.17) is 4.99 Å². The fourth-order valence-electron chi connectivity index (χ4n) is 4.39. The lowest BCUT2D eigenvalue weighted by Gasteiger charge is -2.26. The molecular weight excluding hydrogens is 517 g/mol. The Morgan fingerprint density at radius 3 is 2.34 bits per heavy atom. The highest BCUT2D eigenvalue weighted by atomic mass is 127. The van der Waals surface area contributed by atoms with Crippen molar-refractivity contribution in [3.8, 4) is 0 Å². The molecule has 1 aromatic carbocycles. The van der Waals surface area contributed by atoms with Gasteiger partial charge in [-0.2, -0.15) is 0 Å². The van der Waals surface area contributed by atoms with Crippen molar-refractivity contribution in [3.05, 3.63) is 35.4 Å². The normalized spacial score (nSPS) is 19.2. The zero-order valence-electron chi connectivity index (χ0n) is 19.4. The molecule has 7 nitrogen and oxygen atoms in total. The van der Waals surface area contributed by atoms with Crippen LogP contribution in [0.3, 0.4) is 0 Å². The predicted molar refractivity (Wildman–Crippen MR) is 139 cm³/mol. The smallest absolute Gasteiger partial charge is 0.251 e. The number of halogens is 1. The van der Waals surface area contributed by atoms with Crippen molar-refractivity contribution >= 4 is 41.8 Å². The second-order valence-corrected chi connectivity index (χ2v) is 8.50. The van der Waals surface area contributed by atoms with Crippen molar-refractivity contribution < 1.29 is 9.59 Å². The first-order chi connectivity index (χ1) is 15.1. The lowest BCUT2D eigenvalue weighted by molar-refractivity contribution is -0.135. The monoisotopic (exact) mass is 555 g/mol. The Kier molecular flexibility index (Phi) is 11.3. The summed E-state index contributed by atoms with van der Waals surface area (Å²) in [5.41, 5.74) is 1.71. The fourth-order valence-corrected chi connectivity index (χ4v) is 4.39. The minimum absolute atomic E-state index is 0. The van der Waals surface area contributed by atoms with Crippen LogP contribution in [-0.4, -0.2) is 54.9 Å². The second-order valence-electron chi connectivity index (χ2n) is 8.50. The van der Waals surface area contributed by atoms with Gasteiger partial charge in [0.15, 0.2) is 5.96 Å². The minimum Gasteiger partial charge on any atom is -0.357 e. The summed E-state index contributed by atoms with van der Waals surface area (Å²) < 4.78 is 0. The maximum atomic E-state index is 12.8. The molecule has 2 fully saturated rings. The van der Waals surface area contributed by atoms with Crippen molar-refractivity contribution in [1.29, 1.82) is 0 Å². The van der Waals surface area contributed by atoms with Crippen LogP contribution in [0.25, 0.3) is 0 Å². The summed E-state index contributed by atoms with van der Waals surface area (Å²) in [5, 5.41) is 9.61. The molecule has 3 N–H and O–H groups in total. The molecule has 2 amide bonds. The van der Waals surface area contributed by atoms with E-state index >= 15 is 0 Å². The maximum Gasteiger partial charge on any atom is 0.251 e. The number of guanidine groups is 1. The molecular formula is C24H38IN5O2. The molecule has 1 aliphatic carbocycles. The highest BCUT2D eigenvalue weighted by molar-refractivity contribution is 14.0. The van der Waals surface area contributed by atoms with Crippen LogP contribution in [0.2, 0.25) is 0 Å². The number of hydrogen-bond acceptors (Lipinski definition) is 3. The van der Waals surface area contributed by atoms with Gasteiger partial charge in [0.25, 0.3) is 5.91 Å².